The predicted octanol–water partition coefficient (Wildman–Crippen LogP) is 2.88. The first-order valence-electron chi connectivity index (χ1n) is 7.80. The summed E-state index contributed by atoms with van der Waals surface area (Å²) in [6, 6.07) is 2.64. The van der Waals surface area contributed by atoms with Crippen LogP contribution in [0.5, 0.6) is 5.75 Å². The normalized spacial score (nSPS) is 23.3. The summed E-state index contributed by atoms with van der Waals surface area (Å²) < 4.78 is 24.8. The van der Waals surface area contributed by atoms with Crippen LogP contribution in [0, 0.1) is 0 Å². The van der Waals surface area contributed by atoms with E-state index in [2.05, 4.69) is 0 Å². The van der Waals surface area contributed by atoms with Crippen LogP contribution in [0.15, 0.2) is 12.1 Å². The minimum Gasteiger partial charge on any atom is -0.508 e. The van der Waals surface area contributed by atoms with Gasteiger partial charge in [-0.1, -0.05) is 23.2 Å². The molecule has 1 aromatic rings. The number of halogens is 4. The molecule has 25 heavy (non-hydrogen) atoms. The van der Waals surface area contributed by atoms with E-state index in [1.807, 2.05) is 0 Å². The first-order chi connectivity index (χ1) is 11.8. The molecule has 1 aromatic carbocycles. The largest absolute Gasteiger partial charge is 0.508 e. The second-order valence-corrected chi connectivity index (χ2v) is 7.08. The Kier molecular flexibility index (Phi) is 5.06. The van der Waals surface area contributed by atoms with Crippen LogP contribution in [-0.2, 0) is 9.59 Å². The van der Waals surface area contributed by atoms with Crippen molar-refractivity contribution >= 4 is 35.0 Å². The Morgan fingerprint density at radius 1 is 1.32 bits per heavy atom. The van der Waals surface area contributed by atoms with E-state index >= 15 is 0 Å². The van der Waals surface area contributed by atoms with E-state index in [0.717, 1.165) is 0 Å². The van der Waals surface area contributed by atoms with E-state index in [1.54, 1.807) is 4.90 Å². The summed E-state index contributed by atoms with van der Waals surface area (Å²) in [5.74, 6) is -1.25. The van der Waals surface area contributed by atoms with Crippen molar-refractivity contribution in [2.24, 2.45) is 0 Å². The van der Waals surface area contributed by atoms with Crippen LogP contribution in [0.2, 0.25) is 10.0 Å². The summed E-state index contributed by atoms with van der Waals surface area (Å²) in [6.07, 6.45) is -3.15. The predicted molar refractivity (Wildman–Crippen MR) is 88.2 cm³/mol. The Balaban J connectivity index is 1.79. The Morgan fingerprint density at radius 2 is 2.04 bits per heavy atom. The number of carbonyl (C=O) groups excluding carboxylic acids is 2. The van der Waals surface area contributed by atoms with Gasteiger partial charge in [0.1, 0.15) is 5.75 Å². The van der Waals surface area contributed by atoms with Crippen molar-refractivity contribution in [3.05, 3.63) is 27.7 Å². The van der Waals surface area contributed by atoms with E-state index in [-0.39, 0.29) is 41.7 Å². The molecule has 0 aliphatic carbocycles. The van der Waals surface area contributed by atoms with Gasteiger partial charge in [0.25, 0.3) is 0 Å². The Labute approximate surface area is 153 Å². The van der Waals surface area contributed by atoms with Gasteiger partial charge in [0, 0.05) is 24.6 Å². The topological polar surface area (TPSA) is 60.9 Å². The van der Waals surface area contributed by atoms with E-state index < -0.39 is 18.8 Å². The van der Waals surface area contributed by atoms with Crippen LogP contribution >= 0.6 is 23.2 Å². The lowest BCUT2D eigenvalue weighted by molar-refractivity contribution is -0.148. The third kappa shape index (κ3) is 3.53. The number of nitrogens with zero attached hydrogens (tertiary/aromatic N) is 2. The van der Waals surface area contributed by atoms with Crippen molar-refractivity contribution in [2.45, 2.75) is 31.2 Å². The monoisotopic (exact) mass is 392 g/mol. The summed E-state index contributed by atoms with van der Waals surface area (Å²) >= 11 is 12.2. The van der Waals surface area contributed by atoms with Crippen LogP contribution in [0.1, 0.15) is 24.3 Å². The van der Waals surface area contributed by atoms with Crippen molar-refractivity contribution in [1.82, 2.24) is 9.80 Å². The fraction of sp³-hybridized carbons (Fsp3) is 0.500. The third-order valence-corrected chi connectivity index (χ3v) is 5.51. The van der Waals surface area contributed by atoms with E-state index in [9.17, 15) is 23.5 Å². The van der Waals surface area contributed by atoms with Gasteiger partial charge in [0.15, 0.2) is 0 Å². The number of hydrogen-bond donors (Lipinski definition) is 1. The highest BCUT2D eigenvalue weighted by Gasteiger charge is 2.43. The number of amides is 2. The van der Waals surface area contributed by atoms with Crippen molar-refractivity contribution in [1.29, 1.82) is 0 Å². The van der Waals surface area contributed by atoms with Crippen LogP contribution in [-0.4, -0.2) is 58.8 Å². The van der Waals surface area contributed by atoms with E-state index in [0.29, 0.717) is 23.6 Å². The molecular formula is C16H16Cl2F2N2O3. The minimum absolute atomic E-state index is 0.00247. The molecule has 0 unspecified atom stereocenters. The fourth-order valence-corrected chi connectivity index (χ4v) is 4.05. The number of fused-ring (bicyclic) bond motifs is 1. The molecule has 0 saturated carbocycles. The number of aromatic hydroxyl groups is 1. The fourth-order valence-electron chi connectivity index (χ4n) is 3.57. The van der Waals surface area contributed by atoms with Crippen LogP contribution in [0.25, 0.3) is 0 Å². The molecule has 0 spiro atoms. The number of carbonyl (C=O) groups is 2. The second kappa shape index (κ2) is 6.96. The molecule has 0 bridgehead atoms. The molecule has 0 radical (unpaired) electrons. The second-order valence-electron chi connectivity index (χ2n) is 6.30. The lowest BCUT2D eigenvalue weighted by Gasteiger charge is -2.37. The first-order valence-corrected chi connectivity index (χ1v) is 8.55. The summed E-state index contributed by atoms with van der Waals surface area (Å²) in [5.41, 5.74) is 0.474. The van der Waals surface area contributed by atoms with Gasteiger partial charge in [-0.2, -0.15) is 0 Å². The first kappa shape index (κ1) is 18.2. The minimum atomic E-state index is -2.74. The summed E-state index contributed by atoms with van der Waals surface area (Å²) in [6.45, 7) is 0.338. The van der Waals surface area contributed by atoms with Crippen molar-refractivity contribution in [3.63, 3.8) is 0 Å². The van der Waals surface area contributed by atoms with E-state index in [1.165, 1.54) is 17.0 Å². The molecule has 1 N–H and O–H groups in total. The van der Waals surface area contributed by atoms with Gasteiger partial charge in [-0.25, -0.2) is 8.78 Å². The summed E-state index contributed by atoms with van der Waals surface area (Å²) in [7, 11) is 0. The zero-order valence-electron chi connectivity index (χ0n) is 13.1. The molecule has 2 aliphatic rings. The highest BCUT2D eigenvalue weighted by molar-refractivity contribution is 6.42. The van der Waals surface area contributed by atoms with E-state index in [4.69, 9.17) is 23.2 Å². The quantitative estimate of drug-likeness (QED) is 0.859. The number of phenols is 1. The van der Waals surface area contributed by atoms with Gasteiger partial charge in [-0.05, 0) is 18.6 Å². The maximum absolute atomic E-state index is 12.4. The number of hydrogen-bond acceptors (Lipinski definition) is 3. The van der Waals surface area contributed by atoms with Gasteiger partial charge in [0.05, 0.1) is 29.1 Å². The molecule has 2 heterocycles. The average molecular weight is 393 g/mol. The highest BCUT2D eigenvalue weighted by atomic mass is 35.5. The Bertz CT molecular complexity index is 717. The Hall–Kier alpha value is -1.60. The van der Waals surface area contributed by atoms with Crippen molar-refractivity contribution in [3.8, 4) is 5.75 Å². The number of phenolic OH excluding ortho intramolecular Hbond substituents is 1. The number of rotatable bonds is 3. The standard InChI is InChI=1S/C16H16Cl2F2N2O3/c17-10-1-2-11(23)15(16(10)18)8-3-9-6-21(13(24)4-12(19)20)7-14(25)22(9)5-8/h1-2,8-9,12,23H,3-7H2/t8-,9-/m0/s1. The molecule has 2 fully saturated rings. The van der Waals surface area contributed by atoms with Gasteiger partial charge in [-0.3, -0.25) is 9.59 Å². The lowest BCUT2D eigenvalue weighted by atomic mass is 9.95. The molecule has 2 amide bonds. The van der Waals surface area contributed by atoms with Gasteiger partial charge >= 0.3 is 0 Å². The molecule has 2 atom stereocenters. The summed E-state index contributed by atoms with van der Waals surface area (Å²) in [5, 5.41) is 10.7. The lowest BCUT2D eigenvalue weighted by Crippen LogP contribution is -2.55. The molecule has 3 rings (SSSR count). The van der Waals surface area contributed by atoms with Crippen molar-refractivity contribution < 1.29 is 23.5 Å². The van der Waals surface area contributed by atoms with Crippen LogP contribution in [0.3, 0.4) is 0 Å². The van der Waals surface area contributed by atoms with Crippen molar-refractivity contribution in [2.75, 3.05) is 19.6 Å². The smallest absolute Gasteiger partial charge is 0.247 e. The molecule has 2 aliphatic heterocycles. The highest BCUT2D eigenvalue weighted by Crippen LogP contribution is 2.43. The maximum atomic E-state index is 12.4. The third-order valence-electron chi connectivity index (χ3n) is 4.69. The van der Waals surface area contributed by atoms with Crippen LogP contribution < -0.4 is 0 Å². The molecular weight excluding hydrogens is 377 g/mol. The average Bonchev–Trinajstić information content (AvgIpc) is 2.95. The molecule has 5 nitrogen and oxygen atoms in total. The Morgan fingerprint density at radius 3 is 2.72 bits per heavy atom. The number of alkyl halides is 2. The maximum Gasteiger partial charge on any atom is 0.247 e. The summed E-state index contributed by atoms with van der Waals surface area (Å²) in [4.78, 5) is 27.0. The van der Waals surface area contributed by atoms with Gasteiger partial charge < -0.3 is 14.9 Å². The zero-order chi connectivity index (χ0) is 18.3. The SMILES string of the molecule is O=C(CC(F)F)N1CC(=O)N2C[C@@H](c3c(O)ccc(Cl)c3Cl)C[C@H]2C1. The zero-order valence-corrected chi connectivity index (χ0v) is 14.6. The number of benzene rings is 1. The molecule has 2 saturated heterocycles. The molecule has 0 aromatic heterocycles. The molecule has 9 heteroatoms. The number of piperazine rings is 1. The van der Waals surface area contributed by atoms with Crippen LogP contribution in [0.4, 0.5) is 8.78 Å². The molecule has 136 valence electrons. The van der Waals surface area contributed by atoms with Gasteiger partial charge in [-0.15, -0.1) is 0 Å². The van der Waals surface area contributed by atoms with Gasteiger partial charge in [0.2, 0.25) is 18.2 Å².